The Balaban J connectivity index is 0.00000210. The van der Waals surface area contributed by atoms with Gasteiger partial charge in [-0.15, -0.1) is 0 Å². The third kappa shape index (κ3) is 4.21. The van der Waals surface area contributed by atoms with E-state index < -0.39 is 0 Å². The van der Waals surface area contributed by atoms with E-state index in [0.29, 0.717) is 5.92 Å². The van der Waals surface area contributed by atoms with Crippen LogP contribution in [0, 0.1) is 17.6 Å². The highest BCUT2D eigenvalue weighted by atomic mass is 127. The third-order valence-electron chi connectivity index (χ3n) is 7.04. The van der Waals surface area contributed by atoms with E-state index in [9.17, 15) is 8.78 Å². The Labute approximate surface area is 178 Å². The van der Waals surface area contributed by atoms with E-state index >= 15 is 0 Å². The molecule has 0 spiro atoms. The fourth-order valence-corrected chi connectivity index (χ4v) is 5.37. The van der Waals surface area contributed by atoms with Crippen LogP contribution in [0.15, 0.2) is 48.5 Å². The van der Waals surface area contributed by atoms with E-state index in [0.717, 1.165) is 29.6 Å². The number of rotatable bonds is 4. The molecule has 2 heterocycles. The predicted molar refractivity (Wildman–Crippen MR) is 101 cm³/mol. The molecule has 0 unspecified atom stereocenters. The van der Waals surface area contributed by atoms with Gasteiger partial charge in [0.1, 0.15) is 11.6 Å². The van der Waals surface area contributed by atoms with E-state index in [1.807, 2.05) is 24.3 Å². The SMILES string of the molecule is C[N+]1(C)[C@@H]2CC[C@H]1C[C@@H](CC(c1ccc(F)cc1)c1ccc(F)cc1)C2.[I-]. The second kappa shape index (κ2) is 8.16. The molecular formula is C23H28F2IN. The lowest BCUT2D eigenvalue weighted by molar-refractivity contribution is -0.931. The minimum atomic E-state index is -0.207. The summed E-state index contributed by atoms with van der Waals surface area (Å²) >= 11 is 0. The van der Waals surface area contributed by atoms with Crippen LogP contribution in [0.2, 0.25) is 0 Å². The Morgan fingerprint density at radius 3 is 1.63 bits per heavy atom. The van der Waals surface area contributed by atoms with Gasteiger partial charge in [-0.1, -0.05) is 24.3 Å². The molecule has 2 saturated heterocycles. The first kappa shape index (κ1) is 20.7. The van der Waals surface area contributed by atoms with Gasteiger partial charge in [0.2, 0.25) is 0 Å². The van der Waals surface area contributed by atoms with Gasteiger partial charge in [0.05, 0.1) is 26.2 Å². The molecule has 0 amide bonds. The predicted octanol–water partition coefficient (Wildman–Crippen LogP) is 2.51. The maximum Gasteiger partial charge on any atom is 0.123 e. The first-order valence-electron chi connectivity index (χ1n) is 9.77. The van der Waals surface area contributed by atoms with Crippen LogP contribution in [-0.4, -0.2) is 30.7 Å². The average molecular weight is 483 g/mol. The Kier molecular flexibility index (Phi) is 6.26. The molecule has 0 aromatic heterocycles. The van der Waals surface area contributed by atoms with Gasteiger partial charge in [0.15, 0.2) is 0 Å². The van der Waals surface area contributed by atoms with Crippen molar-refractivity contribution in [3.63, 3.8) is 0 Å². The Morgan fingerprint density at radius 2 is 1.22 bits per heavy atom. The molecule has 2 aliphatic heterocycles. The monoisotopic (exact) mass is 483 g/mol. The number of hydrogen-bond donors (Lipinski definition) is 0. The van der Waals surface area contributed by atoms with Crippen molar-refractivity contribution < 1.29 is 37.2 Å². The number of benzene rings is 2. The maximum absolute atomic E-state index is 13.4. The summed E-state index contributed by atoms with van der Waals surface area (Å²) in [6.07, 6.45) is 6.27. The number of halogens is 3. The fourth-order valence-electron chi connectivity index (χ4n) is 5.37. The smallest absolute Gasteiger partial charge is 0.123 e. The minimum Gasteiger partial charge on any atom is -1.00 e. The summed E-state index contributed by atoms with van der Waals surface area (Å²) in [5.41, 5.74) is 2.26. The highest BCUT2D eigenvalue weighted by Gasteiger charge is 2.48. The molecule has 2 bridgehead atoms. The summed E-state index contributed by atoms with van der Waals surface area (Å²) in [5, 5.41) is 0. The van der Waals surface area contributed by atoms with E-state index in [1.165, 1.54) is 54.4 Å². The lowest BCUT2D eigenvalue weighted by Crippen LogP contribution is -3.00. The highest BCUT2D eigenvalue weighted by molar-refractivity contribution is 5.33. The lowest BCUT2D eigenvalue weighted by Gasteiger charge is -2.45. The van der Waals surface area contributed by atoms with Crippen LogP contribution in [0.25, 0.3) is 0 Å². The third-order valence-corrected chi connectivity index (χ3v) is 7.04. The topological polar surface area (TPSA) is 0 Å². The zero-order chi connectivity index (χ0) is 18.3. The normalized spacial score (nSPS) is 26.0. The lowest BCUT2D eigenvalue weighted by atomic mass is 9.78. The van der Waals surface area contributed by atoms with E-state index in [1.54, 1.807) is 0 Å². The number of nitrogens with zero attached hydrogens (tertiary/aromatic N) is 1. The van der Waals surface area contributed by atoms with Crippen molar-refractivity contribution in [1.82, 2.24) is 0 Å². The second-order valence-corrected chi connectivity index (χ2v) is 8.74. The summed E-state index contributed by atoms with van der Waals surface area (Å²) in [4.78, 5) is 0. The van der Waals surface area contributed by atoms with Crippen LogP contribution in [0.4, 0.5) is 8.78 Å². The molecule has 2 aromatic carbocycles. The van der Waals surface area contributed by atoms with Crippen molar-refractivity contribution >= 4 is 0 Å². The minimum absolute atomic E-state index is 0. The molecule has 2 aromatic rings. The van der Waals surface area contributed by atoms with Gasteiger partial charge in [0.25, 0.3) is 0 Å². The van der Waals surface area contributed by atoms with Crippen LogP contribution < -0.4 is 24.0 Å². The Bertz CT molecular complexity index is 695. The first-order valence-corrected chi connectivity index (χ1v) is 9.77. The molecule has 0 radical (unpaired) electrons. The molecule has 0 aliphatic carbocycles. The van der Waals surface area contributed by atoms with Crippen molar-refractivity contribution in [2.24, 2.45) is 5.92 Å². The molecule has 2 fully saturated rings. The van der Waals surface area contributed by atoms with Crippen molar-refractivity contribution in [1.29, 1.82) is 0 Å². The second-order valence-electron chi connectivity index (χ2n) is 8.74. The average Bonchev–Trinajstić information content (AvgIpc) is 2.78. The van der Waals surface area contributed by atoms with Gasteiger partial charge in [-0.25, -0.2) is 8.78 Å². The zero-order valence-electron chi connectivity index (χ0n) is 16.0. The van der Waals surface area contributed by atoms with Gasteiger partial charge in [-0.05, 0) is 47.7 Å². The first-order chi connectivity index (χ1) is 12.4. The van der Waals surface area contributed by atoms with Gasteiger partial charge in [0, 0.05) is 31.6 Å². The van der Waals surface area contributed by atoms with E-state index in [4.69, 9.17) is 0 Å². The molecule has 4 rings (SSSR count). The molecule has 1 nitrogen and oxygen atoms in total. The van der Waals surface area contributed by atoms with Gasteiger partial charge in [-0.3, -0.25) is 0 Å². The summed E-state index contributed by atoms with van der Waals surface area (Å²) in [5.74, 6) is 0.468. The van der Waals surface area contributed by atoms with Crippen LogP contribution in [0.1, 0.15) is 49.1 Å². The number of fused-ring (bicyclic) bond motifs is 2. The standard InChI is InChI=1S/C23H28F2N.HI/c1-26(2)21-11-12-22(26)14-16(13-21)15-23(17-3-7-19(24)8-4-17)18-5-9-20(25)10-6-18;/h3-10,16,21-23H,11-15H2,1-2H3;1H/q+1;/p-1/t16-,21+,22-;. The van der Waals surface area contributed by atoms with Crippen LogP contribution in [-0.2, 0) is 0 Å². The molecule has 27 heavy (non-hydrogen) atoms. The van der Waals surface area contributed by atoms with Gasteiger partial charge in [-0.2, -0.15) is 0 Å². The molecule has 4 heteroatoms. The van der Waals surface area contributed by atoms with Gasteiger partial charge >= 0.3 is 0 Å². The van der Waals surface area contributed by atoms with Crippen LogP contribution in [0.5, 0.6) is 0 Å². The molecule has 0 saturated carbocycles. The molecule has 0 N–H and O–H groups in total. The Morgan fingerprint density at radius 1 is 0.815 bits per heavy atom. The summed E-state index contributed by atoms with van der Waals surface area (Å²) < 4.78 is 28.0. The van der Waals surface area contributed by atoms with Crippen molar-refractivity contribution in [3.8, 4) is 0 Å². The maximum atomic E-state index is 13.4. The van der Waals surface area contributed by atoms with E-state index in [2.05, 4.69) is 14.1 Å². The number of piperidine rings is 1. The van der Waals surface area contributed by atoms with Crippen molar-refractivity contribution in [2.75, 3.05) is 14.1 Å². The molecule has 3 atom stereocenters. The quantitative estimate of drug-likeness (QED) is 0.464. The van der Waals surface area contributed by atoms with Crippen LogP contribution in [0.3, 0.4) is 0 Å². The largest absolute Gasteiger partial charge is 1.00 e. The number of hydrogen-bond acceptors (Lipinski definition) is 0. The van der Waals surface area contributed by atoms with Crippen LogP contribution >= 0.6 is 0 Å². The Hall–Kier alpha value is -1.01. The molecular weight excluding hydrogens is 455 g/mol. The highest BCUT2D eigenvalue weighted by Crippen LogP contribution is 2.45. The molecule has 2 aliphatic rings. The van der Waals surface area contributed by atoms with E-state index in [-0.39, 0.29) is 41.5 Å². The number of quaternary nitrogens is 1. The van der Waals surface area contributed by atoms with Crippen molar-refractivity contribution in [3.05, 3.63) is 71.3 Å². The molecule has 146 valence electrons. The zero-order valence-corrected chi connectivity index (χ0v) is 18.2. The van der Waals surface area contributed by atoms with Crippen molar-refractivity contribution in [2.45, 2.75) is 50.1 Å². The fraction of sp³-hybridized carbons (Fsp3) is 0.478. The summed E-state index contributed by atoms with van der Waals surface area (Å²) in [7, 11) is 4.77. The summed E-state index contributed by atoms with van der Waals surface area (Å²) in [6, 6.07) is 15.2. The van der Waals surface area contributed by atoms with Gasteiger partial charge < -0.3 is 28.5 Å². The summed E-state index contributed by atoms with van der Waals surface area (Å²) in [6.45, 7) is 0.